The first-order chi connectivity index (χ1) is 12.6. The minimum atomic E-state index is -0.722. The Hall–Kier alpha value is -3.13. The third-order valence-corrected chi connectivity index (χ3v) is 3.83. The van der Waals surface area contributed by atoms with Crippen LogP contribution in [-0.4, -0.2) is 39.3 Å². The summed E-state index contributed by atoms with van der Waals surface area (Å²) in [5, 5.41) is 14.2. The number of aromatic nitrogens is 4. The maximum absolute atomic E-state index is 12.3. The van der Waals surface area contributed by atoms with Crippen LogP contribution in [0.3, 0.4) is 0 Å². The molecule has 0 aliphatic heterocycles. The molecule has 0 aliphatic rings. The molecular weight excluding hydrogens is 358 g/mol. The normalized spacial score (nSPS) is 11.7. The minimum Gasteiger partial charge on any atom is -0.495 e. The maximum Gasteiger partial charge on any atom is 0.265 e. The molecule has 2 aromatic carbocycles. The topological polar surface area (TPSA) is 91.2 Å². The number of hydrogen-bond acceptors (Lipinski definition) is 6. The lowest BCUT2D eigenvalue weighted by molar-refractivity contribution is -0.122. The van der Waals surface area contributed by atoms with Crippen molar-refractivity contribution in [1.82, 2.24) is 20.2 Å². The number of hydrogen-bond donors (Lipinski definition) is 1. The van der Waals surface area contributed by atoms with Gasteiger partial charge in [-0.05, 0) is 47.7 Å². The number of halogens is 1. The summed E-state index contributed by atoms with van der Waals surface area (Å²) in [5.41, 5.74) is 1.28. The highest BCUT2D eigenvalue weighted by Crippen LogP contribution is 2.27. The summed E-state index contributed by atoms with van der Waals surface area (Å²) in [6, 6.07) is 12.1. The van der Waals surface area contributed by atoms with Gasteiger partial charge in [-0.2, -0.15) is 0 Å². The first-order valence-electron chi connectivity index (χ1n) is 7.71. The van der Waals surface area contributed by atoms with Crippen LogP contribution in [0.15, 0.2) is 48.8 Å². The molecule has 3 aromatic rings. The Morgan fingerprint density at radius 1 is 1.27 bits per heavy atom. The second-order valence-electron chi connectivity index (χ2n) is 5.35. The van der Waals surface area contributed by atoms with Crippen molar-refractivity contribution in [3.63, 3.8) is 0 Å². The lowest BCUT2D eigenvalue weighted by atomic mass is 10.2. The molecule has 1 N–H and O–H groups in total. The fourth-order valence-electron chi connectivity index (χ4n) is 2.22. The molecular formula is C17H16ClN5O3. The molecule has 0 bridgehead atoms. The van der Waals surface area contributed by atoms with Gasteiger partial charge in [-0.25, -0.2) is 4.68 Å². The van der Waals surface area contributed by atoms with Gasteiger partial charge in [0.15, 0.2) is 6.10 Å². The van der Waals surface area contributed by atoms with Gasteiger partial charge in [0.1, 0.15) is 17.8 Å². The van der Waals surface area contributed by atoms with Gasteiger partial charge in [0.2, 0.25) is 0 Å². The van der Waals surface area contributed by atoms with Crippen LogP contribution in [0.1, 0.15) is 6.92 Å². The molecule has 0 spiro atoms. The summed E-state index contributed by atoms with van der Waals surface area (Å²) < 4.78 is 12.3. The Labute approximate surface area is 154 Å². The molecule has 26 heavy (non-hydrogen) atoms. The minimum absolute atomic E-state index is 0.306. The van der Waals surface area contributed by atoms with Gasteiger partial charge in [0.05, 0.1) is 17.8 Å². The van der Waals surface area contributed by atoms with Gasteiger partial charge in [0, 0.05) is 11.8 Å². The van der Waals surface area contributed by atoms with Gasteiger partial charge in [-0.3, -0.25) is 4.79 Å². The quantitative estimate of drug-likeness (QED) is 0.714. The Kier molecular flexibility index (Phi) is 5.33. The highest BCUT2D eigenvalue weighted by molar-refractivity contribution is 6.32. The van der Waals surface area contributed by atoms with Gasteiger partial charge >= 0.3 is 0 Å². The number of ether oxygens (including phenoxy) is 2. The van der Waals surface area contributed by atoms with E-state index in [4.69, 9.17) is 21.1 Å². The van der Waals surface area contributed by atoms with E-state index in [0.717, 1.165) is 5.69 Å². The number of nitrogens with one attached hydrogen (secondary N) is 1. The molecule has 0 aliphatic carbocycles. The average molecular weight is 374 g/mol. The number of nitrogens with zero attached hydrogens (tertiary/aromatic N) is 4. The summed E-state index contributed by atoms with van der Waals surface area (Å²) in [6.07, 6.45) is 0.753. The fourth-order valence-corrected chi connectivity index (χ4v) is 2.48. The predicted molar refractivity (Wildman–Crippen MR) is 95.9 cm³/mol. The zero-order valence-corrected chi connectivity index (χ0v) is 14.8. The monoisotopic (exact) mass is 373 g/mol. The predicted octanol–water partition coefficient (Wildman–Crippen LogP) is 2.73. The van der Waals surface area contributed by atoms with Gasteiger partial charge in [-0.15, -0.1) is 5.10 Å². The SMILES string of the molecule is COc1ccc(NC(=O)[C@@H](C)Oc2cccc(-n3cnnn3)c2)cc1Cl. The summed E-state index contributed by atoms with van der Waals surface area (Å²) >= 11 is 6.06. The van der Waals surface area contributed by atoms with Gasteiger partial charge in [-0.1, -0.05) is 17.7 Å². The van der Waals surface area contributed by atoms with Crippen molar-refractivity contribution >= 4 is 23.2 Å². The van der Waals surface area contributed by atoms with Crippen LogP contribution < -0.4 is 14.8 Å². The number of carbonyl (C=O) groups excluding carboxylic acids is 1. The summed E-state index contributed by atoms with van der Waals surface area (Å²) in [5.74, 6) is 0.751. The summed E-state index contributed by atoms with van der Waals surface area (Å²) in [6.45, 7) is 1.66. The standard InChI is InChI=1S/C17H16ClN5O3/c1-11(17(24)20-12-6-7-16(25-2)15(18)8-12)26-14-5-3-4-13(9-14)23-10-19-21-22-23/h3-11H,1-2H3,(H,20,24)/t11-/m1/s1. The van der Waals surface area contributed by atoms with Crippen LogP contribution in [0.2, 0.25) is 5.02 Å². The molecule has 8 nitrogen and oxygen atoms in total. The fraction of sp³-hybridized carbons (Fsp3) is 0.176. The van der Waals surface area contributed by atoms with Gasteiger partial charge in [0.25, 0.3) is 5.91 Å². The molecule has 0 radical (unpaired) electrons. The number of tetrazole rings is 1. The lowest BCUT2D eigenvalue weighted by Gasteiger charge is -2.15. The van der Waals surface area contributed by atoms with E-state index < -0.39 is 6.10 Å². The Bertz CT molecular complexity index is 901. The van der Waals surface area contributed by atoms with Crippen molar-refractivity contribution in [2.75, 3.05) is 12.4 Å². The highest BCUT2D eigenvalue weighted by Gasteiger charge is 2.16. The number of carbonyl (C=O) groups is 1. The van der Waals surface area contributed by atoms with Crippen LogP contribution in [0.5, 0.6) is 11.5 Å². The average Bonchev–Trinajstić information content (AvgIpc) is 3.17. The number of benzene rings is 2. The third-order valence-electron chi connectivity index (χ3n) is 3.53. The summed E-state index contributed by atoms with van der Waals surface area (Å²) in [4.78, 5) is 12.3. The van der Waals surface area contributed by atoms with E-state index in [2.05, 4.69) is 20.8 Å². The van der Waals surface area contributed by atoms with Crippen molar-refractivity contribution in [1.29, 1.82) is 0 Å². The number of methoxy groups -OCH3 is 1. The molecule has 134 valence electrons. The molecule has 1 amide bonds. The van der Waals surface area contributed by atoms with E-state index in [0.29, 0.717) is 22.2 Å². The molecule has 0 saturated carbocycles. The highest BCUT2D eigenvalue weighted by atomic mass is 35.5. The zero-order chi connectivity index (χ0) is 18.5. The van der Waals surface area contributed by atoms with Crippen LogP contribution >= 0.6 is 11.6 Å². The number of amides is 1. The second kappa shape index (κ2) is 7.83. The molecule has 1 heterocycles. The molecule has 3 rings (SSSR count). The van der Waals surface area contributed by atoms with Gasteiger partial charge < -0.3 is 14.8 Å². The largest absolute Gasteiger partial charge is 0.495 e. The Morgan fingerprint density at radius 3 is 2.81 bits per heavy atom. The smallest absolute Gasteiger partial charge is 0.265 e. The molecule has 0 unspecified atom stereocenters. The van der Waals surface area contributed by atoms with Crippen LogP contribution in [0, 0.1) is 0 Å². The maximum atomic E-state index is 12.3. The van der Waals surface area contributed by atoms with E-state index in [1.54, 1.807) is 43.3 Å². The molecule has 1 aromatic heterocycles. The Balaban J connectivity index is 1.66. The number of anilines is 1. The van der Waals surface area contributed by atoms with E-state index >= 15 is 0 Å². The number of rotatable bonds is 6. The van der Waals surface area contributed by atoms with E-state index in [9.17, 15) is 4.79 Å². The van der Waals surface area contributed by atoms with Crippen molar-refractivity contribution in [3.8, 4) is 17.2 Å². The van der Waals surface area contributed by atoms with Crippen LogP contribution in [0.4, 0.5) is 5.69 Å². The van der Waals surface area contributed by atoms with Crippen molar-refractivity contribution < 1.29 is 14.3 Å². The van der Waals surface area contributed by atoms with Crippen molar-refractivity contribution in [3.05, 3.63) is 53.8 Å². The molecule has 9 heteroatoms. The molecule has 1 atom stereocenters. The lowest BCUT2D eigenvalue weighted by Crippen LogP contribution is -2.30. The first kappa shape index (κ1) is 17.7. The van der Waals surface area contributed by atoms with E-state index in [1.807, 2.05) is 6.07 Å². The second-order valence-corrected chi connectivity index (χ2v) is 5.76. The van der Waals surface area contributed by atoms with E-state index in [-0.39, 0.29) is 5.91 Å². The summed E-state index contributed by atoms with van der Waals surface area (Å²) in [7, 11) is 1.53. The van der Waals surface area contributed by atoms with E-state index in [1.165, 1.54) is 18.1 Å². The zero-order valence-electron chi connectivity index (χ0n) is 14.1. The Morgan fingerprint density at radius 2 is 2.12 bits per heavy atom. The first-order valence-corrected chi connectivity index (χ1v) is 8.09. The van der Waals surface area contributed by atoms with Crippen LogP contribution in [-0.2, 0) is 4.79 Å². The third kappa shape index (κ3) is 4.09. The molecule has 0 saturated heterocycles. The van der Waals surface area contributed by atoms with Crippen molar-refractivity contribution in [2.24, 2.45) is 0 Å². The van der Waals surface area contributed by atoms with Crippen molar-refractivity contribution in [2.45, 2.75) is 13.0 Å². The molecule has 0 fully saturated rings. The van der Waals surface area contributed by atoms with Crippen LogP contribution in [0.25, 0.3) is 5.69 Å².